The number of esters is 1. The molecule has 100 valence electrons. The van der Waals surface area contributed by atoms with E-state index >= 15 is 0 Å². The summed E-state index contributed by atoms with van der Waals surface area (Å²) >= 11 is 0. The Morgan fingerprint density at radius 2 is 1.83 bits per heavy atom. The number of aliphatic hydroxyl groups excluding tert-OH is 1. The lowest BCUT2D eigenvalue weighted by molar-refractivity contribution is -0.154. The second-order valence-corrected chi connectivity index (χ2v) is 4.18. The van der Waals surface area contributed by atoms with Gasteiger partial charge >= 0.3 is 5.97 Å². The topological polar surface area (TPSA) is 72.5 Å². The van der Waals surface area contributed by atoms with Crippen LogP contribution < -0.4 is 5.73 Å². The smallest absolute Gasteiger partial charge is 0.339 e. The molecule has 0 fully saturated rings. The normalized spacial score (nSPS) is 12.1. The van der Waals surface area contributed by atoms with Crippen molar-refractivity contribution in [3.63, 3.8) is 0 Å². The predicted octanol–water partition coefficient (Wildman–Crippen LogP) is 1.78. The van der Waals surface area contributed by atoms with Crippen molar-refractivity contribution in [3.8, 4) is 0 Å². The third-order valence-corrected chi connectivity index (χ3v) is 2.68. The lowest BCUT2D eigenvalue weighted by atomic mass is 10.1. The molecule has 0 bridgehead atoms. The highest BCUT2D eigenvalue weighted by atomic mass is 16.5. The van der Waals surface area contributed by atoms with E-state index in [4.69, 9.17) is 10.5 Å². The van der Waals surface area contributed by atoms with Gasteiger partial charge in [-0.2, -0.15) is 0 Å². The number of carbonyl (C=O) groups excluding carboxylic acids is 1. The molecule has 0 heterocycles. The molecule has 1 rings (SSSR count). The van der Waals surface area contributed by atoms with Gasteiger partial charge in [0.1, 0.15) is 0 Å². The maximum atomic E-state index is 11.5. The number of unbranched alkanes of at least 4 members (excludes halogenated alkanes) is 3. The third kappa shape index (κ3) is 5.29. The summed E-state index contributed by atoms with van der Waals surface area (Å²) in [6.45, 7) is 1.06. The highest BCUT2D eigenvalue weighted by Gasteiger charge is 2.17. The van der Waals surface area contributed by atoms with Crippen LogP contribution in [0, 0.1) is 0 Å². The average Bonchev–Trinajstić information content (AvgIpc) is 2.42. The second kappa shape index (κ2) is 8.66. The van der Waals surface area contributed by atoms with E-state index in [0.29, 0.717) is 18.7 Å². The highest BCUT2D eigenvalue weighted by Crippen LogP contribution is 2.13. The Bertz CT molecular complexity index is 340. The monoisotopic (exact) mass is 251 g/mol. The van der Waals surface area contributed by atoms with Crippen molar-refractivity contribution in [2.75, 3.05) is 13.2 Å². The number of nitrogens with two attached hydrogens (primary N) is 1. The molecule has 0 amide bonds. The van der Waals surface area contributed by atoms with Crippen molar-refractivity contribution in [2.45, 2.75) is 31.8 Å². The van der Waals surface area contributed by atoms with Gasteiger partial charge in [0, 0.05) is 0 Å². The molecule has 0 aliphatic rings. The van der Waals surface area contributed by atoms with Crippen LogP contribution >= 0.6 is 0 Å². The number of hydrogen-bond acceptors (Lipinski definition) is 4. The van der Waals surface area contributed by atoms with Gasteiger partial charge in [0.25, 0.3) is 0 Å². The summed E-state index contributed by atoms with van der Waals surface area (Å²) in [7, 11) is 0. The molecule has 1 aromatic rings. The molecule has 1 aromatic carbocycles. The molecular weight excluding hydrogens is 230 g/mol. The van der Waals surface area contributed by atoms with Gasteiger partial charge in [-0.05, 0) is 24.9 Å². The first kappa shape index (κ1) is 14.7. The molecule has 4 heteroatoms. The van der Waals surface area contributed by atoms with E-state index in [1.54, 1.807) is 24.3 Å². The Kier molecular flexibility index (Phi) is 7.06. The highest BCUT2D eigenvalue weighted by molar-refractivity contribution is 5.76. The minimum Gasteiger partial charge on any atom is -0.464 e. The van der Waals surface area contributed by atoms with Gasteiger partial charge in [-0.15, -0.1) is 0 Å². The fourth-order valence-electron chi connectivity index (χ4n) is 1.62. The van der Waals surface area contributed by atoms with E-state index in [1.165, 1.54) is 0 Å². The average molecular weight is 251 g/mol. The van der Waals surface area contributed by atoms with Gasteiger partial charge in [-0.1, -0.05) is 43.2 Å². The quantitative estimate of drug-likeness (QED) is 0.545. The maximum absolute atomic E-state index is 11.5. The van der Waals surface area contributed by atoms with Gasteiger partial charge in [-0.3, -0.25) is 0 Å². The van der Waals surface area contributed by atoms with E-state index in [2.05, 4.69) is 0 Å². The molecule has 0 aliphatic carbocycles. The summed E-state index contributed by atoms with van der Waals surface area (Å²) in [5.74, 6) is -0.583. The number of aliphatic hydroxyl groups is 1. The lowest BCUT2D eigenvalue weighted by Crippen LogP contribution is -2.16. The molecule has 0 aromatic heterocycles. The summed E-state index contributed by atoms with van der Waals surface area (Å²) in [5, 5.41) is 9.74. The molecule has 0 saturated carbocycles. The molecule has 0 unspecified atom stereocenters. The molecule has 0 saturated heterocycles. The first-order valence-electron chi connectivity index (χ1n) is 6.35. The Morgan fingerprint density at radius 1 is 1.17 bits per heavy atom. The molecule has 0 spiro atoms. The van der Waals surface area contributed by atoms with Crippen LogP contribution in [0.1, 0.15) is 37.4 Å². The van der Waals surface area contributed by atoms with Crippen LogP contribution in [-0.2, 0) is 9.53 Å². The Labute approximate surface area is 108 Å². The van der Waals surface area contributed by atoms with E-state index in [0.717, 1.165) is 25.7 Å². The van der Waals surface area contributed by atoms with Crippen molar-refractivity contribution in [2.24, 2.45) is 5.73 Å². The molecular formula is C14H21NO3. The van der Waals surface area contributed by atoms with Gasteiger partial charge in [0.05, 0.1) is 6.61 Å². The summed E-state index contributed by atoms with van der Waals surface area (Å²) in [6.07, 6.45) is 2.67. The summed E-state index contributed by atoms with van der Waals surface area (Å²) < 4.78 is 5.02. The molecule has 4 nitrogen and oxygen atoms in total. The second-order valence-electron chi connectivity index (χ2n) is 4.18. The van der Waals surface area contributed by atoms with Crippen LogP contribution in [0.4, 0.5) is 0 Å². The van der Waals surface area contributed by atoms with Crippen LogP contribution in [0.2, 0.25) is 0 Å². The molecule has 1 atom stereocenters. The standard InChI is InChI=1S/C14H21NO3/c15-10-6-1-2-7-11-18-14(17)13(16)12-8-4-3-5-9-12/h3-5,8-9,13,16H,1-2,6-7,10-11,15H2/t13-/m1/s1. The minimum atomic E-state index is -1.18. The number of rotatable bonds is 8. The van der Waals surface area contributed by atoms with E-state index < -0.39 is 12.1 Å². The SMILES string of the molecule is NCCCCCCOC(=O)[C@H](O)c1ccccc1. The summed E-state index contributed by atoms with van der Waals surface area (Å²) in [6, 6.07) is 8.79. The number of carbonyl (C=O) groups is 1. The predicted molar refractivity (Wildman–Crippen MR) is 69.9 cm³/mol. The zero-order chi connectivity index (χ0) is 13.2. The van der Waals surface area contributed by atoms with E-state index in [1.807, 2.05) is 6.07 Å². The number of ether oxygens (including phenoxy) is 1. The largest absolute Gasteiger partial charge is 0.464 e. The molecule has 0 aliphatic heterocycles. The van der Waals surface area contributed by atoms with Crippen LogP contribution in [0.25, 0.3) is 0 Å². The van der Waals surface area contributed by atoms with Crippen molar-refractivity contribution in [1.29, 1.82) is 0 Å². The number of hydrogen-bond donors (Lipinski definition) is 2. The number of benzene rings is 1. The van der Waals surface area contributed by atoms with Crippen molar-refractivity contribution in [1.82, 2.24) is 0 Å². The van der Waals surface area contributed by atoms with Crippen LogP contribution in [0.3, 0.4) is 0 Å². The van der Waals surface area contributed by atoms with Crippen LogP contribution in [-0.4, -0.2) is 24.2 Å². The third-order valence-electron chi connectivity index (χ3n) is 2.68. The summed E-state index contributed by atoms with van der Waals surface area (Å²) in [4.78, 5) is 11.5. The zero-order valence-corrected chi connectivity index (χ0v) is 10.5. The van der Waals surface area contributed by atoms with Crippen molar-refractivity contribution < 1.29 is 14.6 Å². The van der Waals surface area contributed by atoms with Crippen molar-refractivity contribution in [3.05, 3.63) is 35.9 Å². The Hall–Kier alpha value is -1.39. The van der Waals surface area contributed by atoms with Gasteiger partial charge < -0.3 is 15.6 Å². The van der Waals surface area contributed by atoms with E-state index in [9.17, 15) is 9.90 Å². The van der Waals surface area contributed by atoms with Crippen LogP contribution in [0.5, 0.6) is 0 Å². The van der Waals surface area contributed by atoms with Crippen LogP contribution in [0.15, 0.2) is 30.3 Å². The van der Waals surface area contributed by atoms with Gasteiger partial charge in [0.15, 0.2) is 6.10 Å². The molecule has 18 heavy (non-hydrogen) atoms. The molecule has 3 N–H and O–H groups in total. The van der Waals surface area contributed by atoms with Crippen molar-refractivity contribution >= 4 is 5.97 Å². The first-order chi connectivity index (χ1) is 8.75. The maximum Gasteiger partial charge on any atom is 0.339 e. The van der Waals surface area contributed by atoms with Gasteiger partial charge in [0.2, 0.25) is 0 Å². The zero-order valence-electron chi connectivity index (χ0n) is 10.5. The summed E-state index contributed by atoms with van der Waals surface area (Å²) in [5.41, 5.74) is 5.94. The lowest BCUT2D eigenvalue weighted by Gasteiger charge is -2.10. The fourth-order valence-corrected chi connectivity index (χ4v) is 1.62. The first-order valence-corrected chi connectivity index (χ1v) is 6.35. The Balaban J connectivity index is 2.20. The van der Waals surface area contributed by atoms with Gasteiger partial charge in [-0.25, -0.2) is 4.79 Å². The fraction of sp³-hybridized carbons (Fsp3) is 0.500. The molecule has 0 radical (unpaired) electrons. The van der Waals surface area contributed by atoms with E-state index in [-0.39, 0.29) is 0 Å². The Morgan fingerprint density at radius 3 is 2.50 bits per heavy atom. The minimum absolute atomic E-state index is 0.354.